The van der Waals surface area contributed by atoms with Gasteiger partial charge in [-0.1, -0.05) is 36.7 Å². The molecule has 0 saturated heterocycles. The molecule has 170 valence electrons. The zero-order chi connectivity index (χ0) is 23.4. The number of halogens is 1. The van der Waals surface area contributed by atoms with Gasteiger partial charge in [-0.25, -0.2) is 4.79 Å². The first kappa shape index (κ1) is 21.5. The van der Waals surface area contributed by atoms with E-state index < -0.39 is 0 Å². The molecule has 0 saturated carbocycles. The topological polar surface area (TPSA) is 65.1 Å². The fourth-order valence-electron chi connectivity index (χ4n) is 4.74. The van der Waals surface area contributed by atoms with Crippen LogP contribution in [0.5, 0.6) is 0 Å². The van der Waals surface area contributed by atoms with E-state index in [2.05, 4.69) is 43.9 Å². The summed E-state index contributed by atoms with van der Waals surface area (Å²) in [6, 6.07) is 13.6. The van der Waals surface area contributed by atoms with E-state index in [0.717, 1.165) is 17.8 Å². The average Bonchev–Trinajstić information content (AvgIpc) is 3.15. The molecule has 33 heavy (non-hydrogen) atoms. The van der Waals surface area contributed by atoms with Crippen LogP contribution in [0, 0.1) is 19.8 Å². The lowest BCUT2D eigenvalue weighted by molar-refractivity contribution is 0.458. The molecule has 0 aliphatic carbocycles. The maximum atomic E-state index is 13.6. The van der Waals surface area contributed by atoms with Crippen molar-refractivity contribution in [2.75, 3.05) is 11.4 Å². The van der Waals surface area contributed by atoms with Crippen molar-refractivity contribution in [3.63, 3.8) is 0 Å². The number of fused-ring (bicyclic) bond motifs is 3. The van der Waals surface area contributed by atoms with Crippen LogP contribution in [0.1, 0.15) is 23.6 Å². The van der Waals surface area contributed by atoms with E-state index >= 15 is 0 Å². The number of nitrogens with zero attached hydrogens (tertiary/aromatic N) is 5. The summed E-state index contributed by atoms with van der Waals surface area (Å²) >= 11 is 5.99. The van der Waals surface area contributed by atoms with Gasteiger partial charge in [0.25, 0.3) is 5.56 Å². The van der Waals surface area contributed by atoms with E-state index in [4.69, 9.17) is 16.6 Å². The average molecular weight is 464 g/mol. The second-order valence-corrected chi connectivity index (χ2v) is 9.55. The van der Waals surface area contributed by atoms with E-state index in [0.29, 0.717) is 34.6 Å². The number of anilines is 2. The number of hydrogen-bond donors (Lipinski definition) is 0. The van der Waals surface area contributed by atoms with Gasteiger partial charge in [0.2, 0.25) is 5.95 Å². The van der Waals surface area contributed by atoms with Crippen LogP contribution in [0.4, 0.5) is 11.6 Å². The third-order valence-corrected chi connectivity index (χ3v) is 6.47. The Balaban J connectivity index is 1.72. The Morgan fingerprint density at radius 1 is 1.03 bits per heavy atom. The van der Waals surface area contributed by atoms with Crippen molar-refractivity contribution in [1.82, 2.24) is 18.7 Å². The van der Waals surface area contributed by atoms with Crippen molar-refractivity contribution in [3.05, 3.63) is 85.0 Å². The number of aryl methyl sites for hydroxylation is 3. The molecule has 0 unspecified atom stereocenters. The number of benzene rings is 2. The van der Waals surface area contributed by atoms with Gasteiger partial charge in [0.1, 0.15) is 0 Å². The molecule has 5 rings (SSSR count). The van der Waals surface area contributed by atoms with Crippen LogP contribution >= 0.6 is 11.6 Å². The van der Waals surface area contributed by atoms with E-state index in [1.54, 1.807) is 19.2 Å². The largest absolute Gasteiger partial charge is 0.332 e. The summed E-state index contributed by atoms with van der Waals surface area (Å²) in [4.78, 5) is 33.7. The summed E-state index contributed by atoms with van der Waals surface area (Å²) in [7, 11) is 1.67. The highest BCUT2D eigenvalue weighted by molar-refractivity contribution is 6.30. The van der Waals surface area contributed by atoms with Crippen LogP contribution in [0.3, 0.4) is 0 Å². The zero-order valence-corrected chi connectivity index (χ0v) is 19.9. The van der Waals surface area contributed by atoms with Gasteiger partial charge in [0.05, 0.1) is 6.54 Å². The molecule has 8 heteroatoms. The fourth-order valence-corrected chi connectivity index (χ4v) is 4.87. The molecule has 1 aliphatic heterocycles. The Kier molecular flexibility index (Phi) is 5.16. The highest BCUT2D eigenvalue weighted by Gasteiger charge is 2.30. The fraction of sp³-hybridized carbons (Fsp3) is 0.320. The van der Waals surface area contributed by atoms with E-state index in [9.17, 15) is 9.59 Å². The van der Waals surface area contributed by atoms with Crippen LogP contribution in [0.15, 0.2) is 52.1 Å². The summed E-state index contributed by atoms with van der Waals surface area (Å²) in [5.74, 6) is 1.00. The van der Waals surface area contributed by atoms with Gasteiger partial charge in [-0.3, -0.25) is 13.9 Å². The van der Waals surface area contributed by atoms with Crippen LogP contribution in [-0.2, 0) is 20.1 Å². The van der Waals surface area contributed by atoms with Gasteiger partial charge >= 0.3 is 5.69 Å². The molecule has 4 aromatic rings. The molecule has 1 aliphatic rings. The molecule has 0 bridgehead atoms. The lowest BCUT2D eigenvalue weighted by Crippen LogP contribution is -2.40. The normalized spacial score (nSPS) is 15.8. The molecule has 0 N–H and O–H groups in total. The Bertz CT molecular complexity index is 1480. The number of rotatable bonds is 3. The van der Waals surface area contributed by atoms with Crippen molar-refractivity contribution >= 4 is 34.4 Å². The summed E-state index contributed by atoms with van der Waals surface area (Å²) in [5.41, 5.74) is 4.38. The second-order valence-electron chi connectivity index (χ2n) is 9.12. The van der Waals surface area contributed by atoms with Crippen molar-refractivity contribution < 1.29 is 0 Å². The second kappa shape index (κ2) is 7.92. The number of hydrogen-bond acceptors (Lipinski definition) is 4. The van der Waals surface area contributed by atoms with Gasteiger partial charge in [-0.15, -0.1) is 0 Å². The molecule has 1 atom stereocenters. The molecule has 0 radical (unpaired) electrons. The van der Waals surface area contributed by atoms with Crippen molar-refractivity contribution in [1.29, 1.82) is 0 Å². The summed E-state index contributed by atoms with van der Waals surface area (Å²) in [6.45, 7) is 7.95. The Labute approximate surface area is 196 Å². The van der Waals surface area contributed by atoms with E-state index in [1.165, 1.54) is 20.3 Å². The predicted molar refractivity (Wildman–Crippen MR) is 132 cm³/mol. The Morgan fingerprint density at radius 3 is 2.36 bits per heavy atom. The van der Waals surface area contributed by atoms with Crippen molar-refractivity contribution in [2.45, 2.75) is 33.9 Å². The predicted octanol–water partition coefficient (Wildman–Crippen LogP) is 4.00. The molecule has 7 nitrogen and oxygen atoms in total. The Morgan fingerprint density at radius 2 is 1.70 bits per heavy atom. The molecule has 3 heterocycles. The first-order valence-electron chi connectivity index (χ1n) is 11.0. The minimum Gasteiger partial charge on any atom is -0.312 e. The van der Waals surface area contributed by atoms with Crippen molar-refractivity contribution in [3.8, 4) is 0 Å². The zero-order valence-electron chi connectivity index (χ0n) is 19.2. The van der Waals surface area contributed by atoms with Gasteiger partial charge in [0, 0.05) is 30.8 Å². The van der Waals surface area contributed by atoms with E-state index in [-0.39, 0.29) is 17.8 Å². The smallest absolute Gasteiger partial charge is 0.312 e. The minimum absolute atomic E-state index is 0.176. The molecular formula is C25H26ClN5O2. The standard InChI is InChI=1S/C25H26ClN5O2/c1-15-9-16(2)11-20(10-15)29-12-17(3)13-30-21-22(27-24(29)30)28(4)25(33)31(23(21)32)14-18-5-7-19(26)8-6-18/h5-11,17H,12-14H2,1-4H3/t17-/m1/s1. The lowest BCUT2D eigenvalue weighted by Gasteiger charge is -2.33. The van der Waals surface area contributed by atoms with Crippen molar-refractivity contribution in [2.24, 2.45) is 13.0 Å². The molecule has 0 fully saturated rings. The third-order valence-electron chi connectivity index (χ3n) is 6.21. The molecule has 2 aromatic heterocycles. The maximum Gasteiger partial charge on any atom is 0.332 e. The van der Waals surface area contributed by atoms with Crippen LogP contribution < -0.4 is 16.1 Å². The van der Waals surface area contributed by atoms with Crippen LogP contribution in [0.25, 0.3) is 11.2 Å². The van der Waals surface area contributed by atoms with Crippen LogP contribution in [-0.4, -0.2) is 25.2 Å². The van der Waals surface area contributed by atoms with E-state index in [1.807, 2.05) is 16.7 Å². The Hall–Kier alpha value is -3.32. The molecule has 0 amide bonds. The summed E-state index contributed by atoms with van der Waals surface area (Å²) in [6.07, 6.45) is 0. The maximum absolute atomic E-state index is 13.6. The SMILES string of the molecule is Cc1cc(C)cc(N2C[C@@H](C)Cn3c2nc2c3c(=O)n(Cc3ccc(Cl)cc3)c(=O)n2C)c1. The van der Waals surface area contributed by atoms with Gasteiger partial charge < -0.3 is 9.47 Å². The quantitative estimate of drug-likeness (QED) is 0.460. The van der Waals surface area contributed by atoms with Gasteiger partial charge in [-0.05, 0) is 60.7 Å². The summed E-state index contributed by atoms with van der Waals surface area (Å²) in [5, 5.41) is 0.611. The van der Waals surface area contributed by atoms with Gasteiger partial charge in [0.15, 0.2) is 11.2 Å². The van der Waals surface area contributed by atoms with Gasteiger partial charge in [-0.2, -0.15) is 4.98 Å². The molecule has 0 spiro atoms. The van der Waals surface area contributed by atoms with Crippen LogP contribution in [0.2, 0.25) is 5.02 Å². The molecular weight excluding hydrogens is 438 g/mol. The third kappa shape index (κ3) is 3.66. The first-order chi connectivity index (χ1) is 15.7. The minimum atomic E-state index is -0.385. The number of imidazole rings is 1. The summed E-state index contributed by atoms with van der Waals surface area (Å²) < 4.78 is 4.73. The monoisotopic (exact) mass is 463 g/mol. The highest BCUT2D eigenvalue weighted by atomic mass is 35.5. The first-order valence-corrected chi connectivity index (χ1v) is 11.4. The lowest BCUT2D eigenvalue weighted by atomic mass is 10.1. The highest BCUT2D eigenvalue weighted by Crippen LogP contribution is 2.33. The number of aromatic nitrogens is 4. The molecule has 2 aromatic carbocycles.